The fourth-order valence-corrected chi connectivity index (χ4v) is 2.33. The van der Waals surface area contributed by atoms with Gasteiger partial charge in [0.2, 0.25) is 0 Å². The first kappa shape index (κ1) is 9.90. The molecule has 0 radical (unpaired) electrons. The van der Waals surface area contributed by atoms with Gasteiger partial charge in [0.25, 0.3) is 5.91 Å². The quantitative estimate of drug-likeness (QED) is 0.809. The van der Waals surface area contributed by atoms with Crippen molar-refractivity contribution in [2.45, 2.75) is 31.4 Å². The molecule has 16 heavy (non-hydrogen) atoms. The lowest BCUT2D eigenvalue weighted by atomic mass is 10.3. The fourth-order valence-electron chi connectivity index (χ4n) is 2.33. The second-order valence-electron chi connectivity index (χ2n) is 4.73. The zero-order valence-corrected chi connectivity index (χ0v) is 9.17. The number of hydrogen-bond donors (Lipinski definition) is 1. The average molecular weight is 220 g/mol. The molecule has 1 aliphatic carbocycles. The summed E-state index contributed by atoms with van der Waals surface area (Å²) < 4.78 is 2.08. The predicted octanol–water partition coefficient (Wildman–Crippen LogP) is 1.03. The lowest BCUT2D eigenvalue weighted by Crippen LogP contribution is -2.31. The van der Waals surface area contributed by atoms with Gasteiger partial charge in [0.1, 0.15) is 5.69 Å². The van der Waals surface area contributed by atoms with Crippen molar-refractivity contribution in [2.75, 3.05) is 13.1 Å². The molecule has 0 bridgehead atoms. The van der Waals surface area contributed by atoms with Crippen LogP contribution in [0.2, 0.25) is 0 Å². The Morgan fingerprint density at radius 1 is 1.38 bits per heavy atom. The van der Waals surface area contributed by atoms with Crippen molar-refractivity contribution in [3.63, 3.8) is 0 Å². The molecule has 0 unspecified atom stereocenters. The second kappa shape index (κ2) is 3.63. The monoisotopic (exact) mass is 220 g/mol. The maximum absolute atomic E-state index is 12.2. The molecule has 1 saturated heterocycles. The van der Waals surface area contributed by atoms with E-state index < -0.39 is 0 Å². The van der Waals surface area contributed by atoms with Crippen molar-refractivity contribution in [1.29, 1.82) is 0 Å². The third kappa shape index (κ3) is 1.63. The van der Waals surface area contributed by atoms with Gasteiger partial charge in [-0.3, -0.25) is 4.79 Å². The van der Waals surface area contributed by atoms with E-state index >= 15 is 0 Å². The van der Waals surface area contributed by atoms with Gasteiger partial charge in [-0.15, -0.1) is 0 Å². The van der Waals surface area contributed by atoms with E-state index in [1.165, 1.54) is 12.8 Å². The van der Waals surface area contributed by atoms with Crippen molar-refractivity contribution in [1.82, 2.24) is 9.47 Å². The van der Waals surface area contributed by atoms with Crippen LogP contribution < -0.4 is 0 Å². The van der Waals surface area contributed by atoms with Crippen molar-refractivity contribution in [3.8, 4) is 0 Å². The Kier molecular flexibility index (Phi) is 2.24. The van der Waals surface area contributed by atoms with Gasteiger partial charge in [-0.05, 0) is 31.4 Å². The Hall–Kier alpha value is -1.29. The van der Waals surface area contributed by atoms with Crippen LogP contribution in [0.3, 0.4) is 0 Å². The van der Waals surface area contributed by atoms with Crippen molar-refractivity contribution in [3.05, 3.63) is 24.0 Å². The van der Waals surface area contributed by atoms with Gasteiger partial charge in [0, 0.05) is 25.3 Å². The third-order valence-corrected chi connectivity index (χ3v) is 3.39. The number of hydrogen-bond acceptors (Lipinski definition) is 2. The zero-order valence-electron chi connectivity index (χ0n) is 9.17. The highest BCUT2D eigenvalue weighted by Crippen LogP contribution is 2.36. The van der Waals surface area contributed by atoms with Gasteiger partial charge in [-0.25, -0.2) is 0 Å². The summed E-state index contributed by atoms with van der Waals surface area (Å²) in [5, 5.41) is 9.44. The van der Waals surface area contributed by atoms with Gasteiger partial charge >= 0.3 is 0 Å². The molecule has 1 N–H and O–H groups in total. The summed E-state index contributed by atoms with van der Waals surface area (Å²) in [5.41, 5.74) is 0.775. The fraction of sp³-hybridized carbons (Fsp3) is 0.583. The standard InChI is InChI=1S/C12H16N2O2/c15-10-5-7-13(8-10)12(16)11-2-1-6-14(11)9-3-4-9/h1-2,6,9-10,15H,3-5,7-8H2/t10-/m1/s1. The van der Waals surface area contributed by atoms with Crippen molar-refractivity contribution >= 4 is 5.91 Å². The number of carbonyl (C=O) groups is 1. The molecule has 1 saturated carbocycles. The molecule has 86 valence electrons. The molecule has 4 nitrogen and oxygen atoms in total. The molecule has 1 aliphatic heterocycles. The number of aliphatic hydroxyl groups excluding tert-OH is 1. The number of aromatic nitrogens is 1. The molecule has 2 aliphatic rings. The van der Waals surface area contributed by atoms with Crippen LogP contribution in [-0.2, 0) is 0 Å². The Morgan fingerprint density at radius 2 is 2.19 bits per heavy atom. The van der Waals surface area contributed by atoms with E-state index in [0.29, 0.717) is 25.6 Å². The lowest BCUT2D eigenvalue weighted by Gasteiger charge is -2.16. The summed E-state index contributed by atoms with van der Waals surface area (Å²) in [6.45, 7) is 1.16. The minimum atomic E-state index is -0.340. The number of nitrogens with zero attached hydrogens (tertiary/aromatic N) is 2. The highest BCUT2D eigenvalue weighted by Gasteiger charge is 2.31. The first-order valence-electron chi connectivity index (χ1n) is 5.90. The molecule has 1 amide bonds. The van der Waals surface area contributed by atoms with Crippen LogP contribution in [-0.4, -0.2) is 39.7 Å². The molecule has 0 aromatic carbocycles. The number of aliphatic hydroxyl groups is 1. The number of carbonyl (C=O) groups excluding carboxylic acids is 1. The van der Waals surface area contributed by atoms with Gasteiger partial charge < -0.3 is 14.6 Å². The average Bonchev–Trinajstić information content (AvgIpc) is 2.85. The number of rotatable bonds is 2. The van der Waals surface area contributed by atoms with Crippen LogP contribution in [0, 0.1) is 0 Å². The molecular weight excluding hydrogens is 204 g/mol. The predicted molar refractivity (Wildman–Crippen MR) is 59.2 cm³/mol. The van der Waals surface area contributed by atoms with E-state index in [0.717, 1.165) is 5.69 Å². The minimum absolute atomic E-state index is 0.0634. The second-order valence-corrected chi connectivity index (χ2v) is 4.73. The molecule has 1 aromatic rings. The van der Waals surface area contributed by atoms with Gasteiger partial charge in [0.05, 0.1) is 6.10 Å². The Balaban J connectivity index is 1.80. The van der Waals surface area contributed by atoms with Crippen LogP contribution in [0.1, 0.15) is 35.8 Å². The van der Waals surface area contributed by atoms with Gasteiger partial charge in [0.15, 0.2) is 0 Å². The molecular formula is C12H16N2O2. The van der Waals surface area contributed by atoms with E-state index in [4.69, 9.17) is 0 Å². The van der Waals surface area contributed by atoms with Crippen molar-refractivity contribution in [2.24, 2.45) is 0 Å². The molecule has 0 spiro atoms. The van der Waals surface area contributed by atoms with Gasteiger partial charge in [-0.2, -0.15) is 0 Å². The lowest BCUT2D eigenvalue weighted by molar-refractivity contribution is 0.0754. The number of likely N-dealkylation sites (tertiary alicyclic amines) is 1. The highest BCUT2D eigenvalue weighted by atomic mass is 16.3. The van der Waals surface area contributed by atoms with Crippen LogP contribution >= 0.6 is 0 Å². The molecule has 2 heterocycles. The van der Waals surface area contributed by atoms with E-state index in [2.05, 4.69) is 4.57 Å². The minimum Gasteiger partial charge on any atom is -0.391 e. The van der Waals surface area contributed by atoms with Crippen LogP contribution in [0.25, 0.3) is 0 Å². The topological polar surface area (TPSA) is 45.5 Å². The molecule has 2 fully saturated rings. The maximum Gasteiger partial charge on any atom is 0.270 e. The number of amides is 1. The van der Waals surface area contributed by atoms with E-state index in [1.54, 1.807) is 4.90 Å². The van der Waals surface area contributed by atoms with Crippen molar-refractivity contribution < 1.29 is 9.90 Å². The summed E-state index contributed by atoms with van der Waals surface area (Å²) in [6.07, 6.45) is 4.70. The summed E-state index contributed by atoms with van der Waals surface area (Å²) >= 11 is 0. The summed E-state index contributed by atoms with van der Waals surface area (Å²) in [7, 11) is 0. The van der Waals surface area contributed by atoms with Crippen LogP contribution in [0.5, 0.6) is 0 Å². The van der Waals surface area contributed by atoms with E-state index in [9.17, 15) is 9.90 Å². The summed E-state index contributed by atoms with van der Waals surface area (Å²) in [5.74, 6) is 0.0634. The molecule has 1 aromatic heterocycles. The Labute approximate surface area is 94.5 Å². The third-order valence-electron chi connectivity index (χ3n) is 3.39. The Morgan fingerprint density at radius 3 is 2.81 bits per heavy atom. The summed E-state index contributed by atoms with van der Waals surface area (Å²) in [6, 6.07) is 4.34. The SMILES string of the molecule is O=C(c1cccn1C1CC1)N1CC[C@@H](O)C1. The normalized spacial score (nSPS) is 25.1. The summed E-state index contributed by atoms with van der Waals surface area (Å²) in [4.78, 5) is 13.9. The first-order chi connectivity index (χ1) is 7.75. The maximum atomic E-state index is 12.2. The zero-order chi connectivity index (χ0) is 11.1. The van der Waals surface area contributed by atoms with Gasteiger partial charge in [-0.1, -0.05) is 0 Å². The van der Waals surface area contributed by atoms with Crippen LogP contribution in [0.15, 0.2) is 18.3 Å². The number of β-amino-alcohol motifs (C(OH)–C–C–N with tert-alkyl or cyclic N) is 1. The molecule has 3 rings (SSSR count). The van der Waals surface area contributed by atoms with E-state index in [1.807, 2.05) is 18.3 Å². The van der Waals surface area contributed by atoms with E-state index in [-0.39, 0.29) is 12.0 Å². The first-order valence-corrected chi connectivity index (χ1v) is 5.90. The molecule has 4 heteroatoms. The van der Waals surface area contributed by atoms with Crippen LogP contribution in [0.4, 0.5) is 0 Å². The smallest absolute Gasteiger partial charge is 0.270 e. The Bertz CT molecular complexity index is 409. The largest absolute Gasteiger partial charge is 0.391 e. The highest BCUT2D eigenvalue weighted by molar-refractivity contribution is 5.93. The molecule has 1 atom stereocenters.